The molecule has 0 aromatic heterocycles. The van der Waals surface area contributed by atoms with Crippen molar-refractivity contribution in [2.75, 3.05) is 38.7 Å². The Bertz CT molecular complexity index is 819. The number of hydrogen-bond acceptors (Lipinski definition) is 5. The molecule has 30 heavy (non-hydrogen) atoms. The van der Waals surface area contributed by atoms with Gasteiger partial charge in [-0.3, -0.25) is 9.69 Å². The molecule has 2 aliphatic rings. The van der Waals surface area contributed by atoms with Crippen molar-refractivity contribution < 1.29 is 19.0 Å². The number of ether oxygens (including phenoxy) is 3. The van der Waals surface area contributed by atoms with Gasteiger partial charge in [-0.25, -0.2) is 0 Å². The lowest BCUT2D eigenvalue weighted by atomic mass is 9.87. The van der Waals surface area contributed by atoms with Crippen molar-refractivity contribution in [1.82, 2.24) is 4.90 Å². The van der Waals surface area contributed by atoms with E-state index in [0.717, 1.165) is 56.0 Å². The molecule has 6 nitrogen and oxygen atoms in total. The average molecular weight is 411 g/mol. The Labute approximate surface area is 178 Å². The maximum atomic E-state index is 12.6. The third kappa shape index (κ3) is 5.01. The molecule has 0 aliphatic carbocycles. The molecule has 1 spiro atoms. The summed E-state index contributed by atoms with van der Waals surface area (Å²) in [5.74, 6) is 0.760. The molecule has 4 rings (SSSR count). The third-order valence-corrected chi connectivity index (χ3v) is 5.96. The molecule has 160 valence electrons. The van der Waals surface area contributed by atoms with Gasteiger partial charge in [0, 0.05) is 32.5 Å². The molecule has 2 fully saturated rings. The van der Waals surface area contributed by atoms with Crippen LogP contribution in [0.2, 0.25) is 0 Å². The molecule has 2 aromatic carbocycles. The summed E-state index contributed by atoms with van der Waals surface area (Å²) in [5.41, 5.74) is 1.63. The minimum absolute atomic E-state index is 0.0167. The fourth-order valence-electron chi connectivity index (χ4n) is 4.47. The Morgan fingerprint density at radius 3 is 2.70 bits per heavy atom. The molecule has 1 amide bonds. The maximum absolute atomic E-state index is 12.6. The van der Waals surface area contributed by atoms with Gasteiger partial charge in [0.25, 0.3) is 0 Å². The molecule has 2 aliphatic heterocycles. The van der Waals surface area contributed by atoms with Crippen molar-refractivity contribution >= 4 is 11.6 Å². The number of methoxy groups -OCH3 is 1. The average Bonchev–Trinajstić information content (AvgIpc) is 3.22. The summed E-state index contributed by atoms with van der Waals surface area (Å²) in [6.45, 7) is 3.23. The molecule has 2 aromatic rings. The van der Waals surface area contributed by atoms with Gasteiger partial charge >= 0.3 is 0 Å². The van der Waals surface area contributed by atoms with Gasteiger partial charge in [-0.2, -0.15) is 0 Å². The number of hydrogen-bond donors (Lipinski definition) is 1. The minimum atomic E-state index is -0.259. The molecule has 2 heterocycles. The topological polar surface area (TPSA) is 60.0 Å². The van der Waals surface area contributed by atoms with Crippen molar-refractivity contribution in [3.63, 3.8) is 0 Å². The van der Waals surface area contributed by atoms with Gasteiger partial charge in [-0.15, -0.1) is 0 Å². The quantitative estimate of drug-likeness (QED) is 0.757. The molecule has 0 bridgehead atoms. The lowest BCUT2D eigenvalue weighted by Gasteiger charge is -2.44. The van der Waals surface area contributed by atoms with E-state index in [-0.39, 0.29) is 17.6 Å². The summed E-state index contributed by atoms with van der Waals surface area (Å²) < 4.78 is 17.5. The lowest BCUT2D eigenvalue weighted by Crippen LogP contribution is -2.58. The number of rotatable bonds is 7. The third-order valence-electron chi connectivity index (χ3n) is 5.96. The molecule has 2 saturated heterocycles. The summed E-state index contributed by atoms with van der Waals surface area (Å²) in [6, 6.07) is 17.5. The Balaban J connectivity index is 1.27. The maximum Gasteiger partial charge on any atom is 0.238 e. The molecule has 1 N–H and O–H groups in total. The van der Waals surface area contributed by atoms with Gasteiger partial charge in [-0.05, 0) is 49.1 Å². The standard InChI is InChI=1S/C24H30N2O4/c1-28-22-12-14-26(18-24(22)13-5-15-30-24)16-23(27)25-20-8-10-21(11-9-20)29-17-19-6-3-2-4-7-19/h2-4,6-11,22H,5,12-18H2,1H3,(H,25,27)/t22-,24+/m1/s1. The van der Waals surface area contributed by atoms with Gasteiger partial charge in [-0.1, -0.05) is 30.3 Å². The summed E-state index contributed by atoms with van der Waals surface area (Å²) >= 11 is 0. The fourth-order valence-corrected chi connectivity index (χ4v) is 4.47. The van der Waals surface area contributed by atoms with Crippen molar-refractivity contribution in [3.05, 3.63) is 60.2 Å². The van der Waals surface area contributed by atoms with Crippen LogP contribution in [-0.2, 0) is 20.9 Å². The van der Waals surface area contributed by atoms with Crippen molar-refractivity contribution in [1.29, 1.82) is 0 Å². The number of nitrogens with one attached hydrogen (secondary N) is 1. The van der Waals surface area contributed by atoms with E-state index < -0.39 is 0 Å². The zero-order valence-corrected chi connectivity index (χ0v) is 17.5. The summed E-state index contributed by atoms with van der Waals surface area (Å²) in [6.07, 6.45) is 3.05. The largest absolute Gasteiger partial charge is 0.489 e. The van der Waals surface area contributed by atoms with Crippen LogP contribution in [0.1, 0.15) is 24.8 Å². The van der Waals surface area contributed by atoms with E-state index in [2.05, 4.69) is 10.2 Å². The Kier molecular flexibility index (Phi) is 6.67. The highest BCUT2D eigenvalue weighted by Gasteiger charge is 2.47. The summed E-state index contributed by atoms with van der Waals surface area (Å²) in [4.78, 5) is 14.7. The first-order chi connectivity index (χ1) is 14.7. The second-order valence-corrected chi connectivity index (χ2v) is 8.09. The van der Waals surface area contributed by atoms with Crippen LogP contribution in [0.4, 0.5) is 5.69 Å². The highest BCUT2D eigenvalue weighted by molar-refractivity contribution is 5.92. The summed E-state index contributed by atoms with van der Waals surface area (Å²) in [5, 5.41) is 2.99. The van der Waals surface area contributed by atoms with Crippen LogP contribution in [-0.4, -0.2) is 55.9 Å². The van der Waals surface area contributed by atoms with Crippen LogP contribution < -0.4 is 10.1 Å². The van der Waals surface area contributed by atoms with Crippen LogP contribution in [0.5, 0.6) is 5.75 Å². The first kappa shape index (κ1) is 20.8. The number of likely N-dealkylation sites (tertiary alicyclic amines) is 1. The van der Waals surface area contributed by atoms with E-state index in [4.69, 9.17) is 14.2 Å². The minimum Gasteiger partial charge on any atom is -0.489 e. The number of piperidine rings is 1. The van der Waals surface area contributed by atoms with Gasteiger partial charge < -0.3 is 19.5 Å². The molecule has 0 radical (unpaired) electrons. The lowest BCUT2D eigenvalue weighted by molar-refractivity contribution is -0.146. The Hall–Kier alpha value is -2.41. The molecular formula is C24H30N2O4. The van der Waals surface area contributed by atoms with E-state index in [1.807, 2.05) is 54.6 Å². The van der Waals surface area contributed by atoms with Crippen molar-refractivity contribution in [3.8, 4) is 5.75 Å². The van der Waals surface area contributed by atoms with E-state index in [1.165, 1.54) is 0 Å². The molecule has 2 atom stereocenters. The number of nitrogens with zero attached hydrogens (tertiary/aromatic N) is 1. The van der Waals surface area contributed by atoms with Gasteiger partial charge in [0.05, 0.1) is 12.6 Å². The smallest absolute Gasteiger partial charge is 0.238 e. The van der Waals surface area contributed by atoms with Crippen molar-refractivity contribution in [2.24, 2.45) is 0 Å². The molecule has 0 unspecified atom stereocenters. The number of carbonyl (C=O) groups excluding carboxylic acids is 1. The number of anilines is 1. The first-order valence-corrected chi connectivity index (χ1v) is 10.6. The van der Waals surface area contributed by atoms with Crippen LogP contribution in [0.15, 0.2) is 54.6 Å². The SMILES string of the molecule is CO[C@@H]1CCN(CC(=O)Nc2ccc(OCc3ccccc3)cc2)C[C@@]12CCCO2. The first-order valence-electron chi connectivity index (χ1n) is 10.6. The van der Waals surface area contributed by atoms with E-state index in [1.54, 1.807) is 7.11 Å². The van der Waals surface area contributed by atoms with Crippen LogP contribution >= 0.6 is 0 Å². The van der Waals surface area contributed by atoms with E-state index in [9.17, 15) is 4.79 Å². The number of amides is 1. The summed E-state index contributed by atoms with van der Waals surface area (Å²) in [7, 11) is 1.75. The van der Waals surface area contributed by atoms with Crippen LogP contribution in [0.3, 0.4) is 0 Å². The molecule has 6 heteroatoms. The second kappa shape index (κ2) is 9.60. The predicted octanol–water partition coefficient (Wildman–Crippen LogP) is 3.47. The predicted molar refractivity (Wildman–Crippen MR) is 116 cm³/mol. The zero-order chi connectivity index (χ0) is 20.8. The van der Waals surface area contributed by atoms with Crippen molar-refractivity contribution in [2.45, 2.75) is 37.6 Å². The van der Waals surface area contributed by atoms with E-state index >= 15 is 0 Å². The Morgan fingerprint density at radius 2 is 2.00 bits per heavy atom. The highest BCUT2D eigenvalue weighted by atomic mass is 16.6. The second-order valence-electron chi connectivity index (χ2n) is 8.09. The monoisotopic (exact) mass is 410 g/mol. The number of benzene rings is 2. The normalized spacial score (nSPS) is 24.1. The Morgan fingerprint density at radius 1 is 1.20 bits per heavy atom. The van der Waals surface area contributed by atoms with Crippen LogP contribution in [0, 0.1) is 0 Å². The van der Waals surface area contributed by atoms with Gasteiger partial charge in [0.2, 0.25) is 5.91 Å². The van der Waals surface area contributed by atoms with E-state index in [0.29, 0.717) is 13.2 Å². The highest BCUT2D eigenvalue weighted by Crippen LogP contribution is 2.36. The van der Waals surface area contributed by atoms with Gasteiger partial charge in [0.15, 0.2) is 0 Å². The number of carbonyl (C=O) groups is 1. The van der Waals surface area contributed by atoms with Crippen LogP contribution in [0.25, 0.3) is 0 Å². The zero-order valence-electron chi connectivity index (χ0n) is 17.5. The molecular weight excluding hydrogens is 380 g/mol. The molecule has 0 saturated carbocycles. The van der Waals surface area contributed by atoms with Gasteiger partial charge in [0.1, 0.15) is 18.0 Å². The fraction of sp³-hybridized carbons (Fsp3) is 0.458.